The Labute approximate surface area is 142 Å². The maximum Gasteiger partial charge on any atom is 0.410 e. The number of likely N-dealkylation sites (tertiary alicyclic amines) is 1. The fourth-order valence-electron chi connectivity index (χ4n) is 3.47. The zero-order valence-corrected chi connectivity index (χ0v) is 14.0. The Morgan fingerprint density at radius 2 is 1.96 bits per heavy atom. The van der Waals surface area contributed by atoms with Gasteiger partial charge in [-0.15, -0.1) is 0 Å². The lowest BCUT2D eigenvalue weighted by Crippen LogP contribution is -2.51. The van der Waals surface area contributed by atoms with Crippen LogP contribution in [0.4, 0.5) is 4.79 Å². The minimum Gasteiger partial charge on any atom is -0.441 e. The monoisotopic (exact) mass is 332 g/mol. The first-order valence-corrected chi connectivity index (χ1v) is 8.52. The first kappa shape index (κ1) is 16.8. The average molecular weight is 332 g/mol. The van der Waals surface area contributed by atoms with Gasteiger partial charge in [0.2, 0.25) is 0 Å². The van der Waals surface area contributed by atoms with Crippen molar-refractivity contribution >= 4 is 12.0 Å². The third kappa shape index (κ3) is 3.38. The van der Waals surface area contributed by atoms with Gasteiger partial charge in [-0.2, -0.15) is 0 Å². The van der Waals surface area contributed by atoms with Crippen LogP contribution in [-0.4, -0.2) is 64.8 Å². The van der Waals surface area contributed by atoms with Gasteiger partial charge in [-0.1, -0.05) is 30.3 Å². The lowest BCUT2D eigenvalue weighted by atomic mass is 9.91. The quantitative estimate of drug-likeness (QED) is 0.905. The third-order valence-electron chi connectivity index (χ3n) is 4.97. The molecule has 2 aliphatic rings. The molecule has 24 heavy (non-hydrogen) atoms. The van der Waals surface area contributed by atoms with Crippen LogP contribution in [0.3, 0.4) is 0 Å². The second kappa shape index (κ2) is 6.81. The molecule has 2 aliphatic heterocycles. The van der Waals surface area contributed by atoms with Gasteiger partial charge >= 0.3 is 6.09 Å². The van der Waals surface area contributed by atoms with Gasteiger partial charge < -0.3 is 19.6 Å². The highest BCUT2D eigenvalue weighted by Crippen LogP contribution is 2.33. The Morgan fingerprint density at radius 3 is 2.54 bits per heavy atom. The molecule has 0 bridgehead atoms. The molecule has 2 heterocycles. The van der Waals surface area contributed by atoms with Crippen LogP contribution in [0.15, 0.2) is 30.3 Å². The third-order valence-corrected chi connectivity index (χ3v) is 4.97. The van der Waals surface area contributed by atoms with Crippen molar-refractivity contribution < 1.29 is 19.4 Å². The summed E-state index contributed by atoms with van der Waals surface area (Å²) in [5, 5.41) is 10.2. The van der Waals surface area contributed by atoms with Crippen molar-refractivity contribution in [2.45, 2.75) is 37.9 Å². The standard InChI is InChI=1S/C18H24N2O4/c1-2-19-13-18(24-17(19)23)8-10-20(11-9-18)16(22)15(21)12-14-6-4-3-5-7-14/h3-7,15,21H,2,8-13H2,1H3/t15-/m0/s1. The SMILES string of the molecule is CCN1CC2(CCN(C(=O)[C@@H](O)Cc3ccccc3)CC2)OC1=O. The van der Waals surface area contributed by atoms with E-state index in [1.54, 1.807) is 9.80 Å². The van der Waals surface area contributed by atoms with Crippen molar-refractivity contribution in [3.05, 3.63) is 35.9 Å². The lowest BCUT2D eigenvalue weighted by molar-refractivity contribution is -0.143. The fourth-order valence-corrected chi connectivity index (χ4v) is 3.47. The zero-order valence-electron chi connectivity index (χ0n) is 14.0. The summed E-state index contributed by atoms with van der Waals surface area (Å²) in [6.45, 7) is 4.18. The summed E-state index contributed by atoms with van der Waals surface area (Å²) in [7, 11) is 0. The van der Waals surface area contributed by atoms with Crippen molar-refractivity contribution in [2.75, 3.05) is 26.2 Å². The summed E-state index contributed by atoms with van der Waals surface area (Å²) < 4.78 is 5.56. The van der Waals surface area contributed by atoms with Gasteiger partial charge in [0.15, 0.2) is 0 Å². The summed E-state index contributed by atoms with van der Waals surface area (Å²) >= 11 is 0. The number of aliphatic hydroxyl groups excluding tert-OH is 1. The second-order valence-corrected chi connectivity index (χ2v) is 6.60. The van der Waals surface area contributed by atoms with E-state index in [1.807, 2.05) is 37.3 Å². The number of piperidine rings is 1. The first-order valence-electron chi connectivity index (χ1n) is 8.52. The van der Waals surface area contributed by atoms with E-state index in [9.17, 15) is 14.7 Å². The number of hydrogen-bond acceptors (Lipinski definition) is 4. The van der Waals surface area contributed by atoms with Gasteiger partial charge in [0, 0.05) is 38.9 Å². The smallest absolute Gasteiger partial charge is 0.410 e. The number of amides is 2. The molecule has 1 atom stereocenters. The summed E-state index contributed by atoms with van der Waals surface area (Å²) in [5.41, 5.74) is 0.476. The molecule has 6 heteroatoms. The molecule has 0 saturated carbocycles. The molecule has 0 aliphatic carbocycles. The van der Waals surface area contributed by atoms with Crippen LogP contribution in [0.1, 0.15) is 25.3 Å². The predicted octanol–water partition coefficient (Wildman–Crippen LogP) is 1.42. The van der Waals surface area contributed by atoms with E-state index in [0.29, 0.717) is 45.4 Å². The van der Waals surface area contributed by atoms with Gasteiger partial charge in [0.05, 0.1) is 6.54 Å². The molecule has 1 aromatic carbocycles. The van der Waals surface area contributed by atoms with E-state index < -0.39 is 11.7 Å². The van der Waals surface area contributed by atoms with Crippen LogP contribution in [-0.2, 0) is 16.0 Å². The number of carbonyl (C=O) groups excluding carboxylic acids is 2. The summed E-state index contributed by atoms with van der Waals surface area (Å²) in [6, 6.07) is 9.50. The molecule has 1 aromatic rings. The van der Waals surface area contributed by atoms with E-state index in [2.05, 4.69) is 0 Å². The molecular weight excluding hydrogens is 308 g/mol. The van der Waals surface area contributed by atoms with Crippen molar-refractivity contribution in [2.24, 2.45) is 0 Å². The van der Waals surface area contributed by atoms with E-state index in [4.69, 9.17) is 4.74 Å². The van der Waals surface area contributed by atoms with Crippen molar-refractivity contribution in [1.29, 1.82) is 0 Å². The second-order valence-electron chi connectivity index (χ2n) is 6.60. The van der Waals surface area contributed by atoms with Gasteiger partial charge in [0.25, 0.3) is 5.91 Å². The molecule has 0 aromatic heterocycles. The number of rotatable bonds is 4. The van der Waals surface area contributed by atoms with Crippen LogP contribution >= 0.6 is 0 Å². The topological polar surface area (TPSA) is 70.1 Å². The number of likely N-dealkylation sites (N-methyl/N-ethyl adjacent to an activating group) is 1. The molecule has 6 nitrogen and oxygen atoms in total. The molecule has 0 radical (unpaired) electrons. The Hall–Kier alpha value is -2.08. The Kier molecular flexibility index (Phi) is 4.76. The minimum atomic E-state index is -1.03. The zero-order chi connectivity index (χ0) is 17.2. The molecule has 3 rings (SSSR count). The Bertz CT molecular complexity index is 596. The van der Waals surface area contributed by atoms with Crippen molar-refractivity contribution in [1.82, 2.24) is 9.80 Å². The molecule has 2 saturated heterocycles. The number of carbonyl (C=O) groups is 2. The fraction of sp³-hybridized carbons (Fsp3) is 0.556. The van der Waals surface area contributed by atoms with Crippen LogP contribution in [0, 0.1) is 0 Å². The highest BCUT2D eigenvalue weighted by Gasteiger charge is 2.47. The number of hydrogen-bond donors (Lipinski definition) is 1. The van der Waals surface area contributed by atoms with Crippen molar-refractivity contribution in [3.63, 3.8) is 0 Å². The van der Waals surface area contributed by atoms with E-state index >= 15 is 0 Å². The molecule has 0 unspecified atom stereocenters. The van der Waals surface area contributed by atoms with Gasteiger partial charge in [0.1, 0.15) is 11.7 Å². The summed E-state index contributed by atoms with van der Waals surface area (Å²) in [5.74, 6) is -0.245. The van der Waals surface area contributed by atoms with Gasteiger partial charge in [-0.25, -0.2) is 4.79 Å². The summed E-state index contributed by atoms with van der Waals surface area (Å²) in [6.07, 6.45) is 0.277. The van der Waals surface area contributed by atoms with Gasteiger partial charge in [-0.3, -0.25) is 4.79 Å². The van der Waals surface area contributed by atoms with E-state index in [-0.39, 0.29) is 12.0 Å². The highest BCUT2D eigenvalue weighted by atomic mass is 16.6. The molecule has 130 valence electrons. The Morgan fingerprint density at radius 1 is 1.29 bits per heavy atom. The highest BCUT2D eigenvalue weighted by molar-refractivity contribution is 5.81. The maximum absolute atomic E-state index is 12.4. The maximum atomic E-state index is 12.4. The van der Waals surface area contributed by atoms with Gasteiger partial charge in [-0.05, 0) is 12.5 Å². The molecular formula is C18H24N2O4. The van der Waals surface area contributed by atoms with Crippen molar-refractivity contribution in [3.8, 4) is 0 Å². The molecule has 1 spiro atoms. The number of aliphatic hydroxyl groups is 1. The van der Waals surface area contributed by atoms with E-state index in [0.717, 1.165) is 5.56 Å². The molecule has 2 fully saturated rings. The summed E-state index contributed by atoms with van der Waals surface area (Å²) in [4.78, 5) is 27.6. The van der Waals surface area contributed by atoms with Crippen LogP contribution in [0.5, 0.6) is 0 Å². The number of benzene rings is 1. The Balaban J connectivity index is 1.54. The van der Waals surface area contributed by atoms with Crippen LogP contribution < -0.4 is 0 Å². The molecule has 1 N–H and O–H groups in total. The van der Waals surface area contributed by atoms with Crippen LogP contribution in [0.25, 0.3) is 0 Å². The normalized spacial score (nSPS) is 21.0. The largest absolute Gasteiger partial charge is 0.441 e. The number of ether oxygens (including phenoxy) is 1. The lowest BCUT2D eigenvalue weighted by Gasteiger charge is -2.38. The van der Waals surface area contributed by atoms with E-state index in [1.165, 1.54) is 0 Å². The molecule has 2 amide bonds. The average Bonchev–Trinajstić information content (AvgIpc) is 2.91. The number of nitrogens with zero attached hydrogens (tertiary/aromatic N) is 2. The first-order chi connectivity index (χ1) is 11.5. The minimum absolute atomic E-state index is 0.245. The van der Waals surface area contributed by atoms with Crippen LogP contribution in [0.2, 0.25) is 0 Å². The predicted molar refractivity (Wildman–Crippen MR) is 88.4 cm³/mol.